The minimum atomic E-state index is -0.0925. The van der Waals surface area contributed by atoms with Crippen molar-refractivity contribution in [1.82, 2.24) is 14.9 Å². The smallest absolute Gasteiger partial charge is 0.263 e. The first-order valence-electron chi connectivity index (χ1n) is 8.78. The summed E-state index contributed by atoms with van der Waals surface area (Å²) in [5, 5.41) is 6.11. The molecule has 0 spiro atoms. The molecule has 4 rings (SSSR count). The molecule has 1 aliphatic carbocycles. The number of aromatic nitrogens is 2. The van der Waals surface area contributed by atoms with Crippen LogP contribution in [0, 0.1) is 0 Å². The summed E-state index contributed by atoms with van der Waals surface area (Å²) in [5.74, 6) is 0.237. The lowest BCUT2D eigenvalue weighted by Gasteiger charge is -2.11. The largest absolute Gasteiger partial charge is 0.353 e. The predicted octanol–water partition coefficient (Wildman–Crippen LogP) is 3.68. The number of thiophene rings is 1. The first kappa shape index (κ1) is 18.0. The van der Waals surface area contributed by atoms with Crippen LogP contribution in [0.3, 0.4) is 0 Å². The van der Waals surface area contributed by atoms with Crippen LogP contribution in [0.1, 0.15) is 12.8 Å². The molecule has 1 amide bonds. The SMILES string of the molecule is C=CCn1c(SCC(=O)NC2CC2)nc2scc(-c3ccccc3)c2c1=O. The zero-order valence-corrected chi connectivity index (χ0v) is 16.3. The van der Waals surface area contributed by atoms with E-state index >= 15 is 0 Å². The molecule has 0 unspecified atom stereocenters. The predicted molar refractivity (Wildman–Crippen MR) is 111 cm³/mol. The quantitative estimate of drug-likeness (QED) is 0.375. The lowest BCUT2D eigenvalue weighted by atomic mass is 10.1. The fourth-order valence-corrected chi connectivity index (χ4v) is 4.67. The Morgan fingerprint density at radius 3 is 2.85 bits per heavy atom. The molecule has 0 atom stereocenters. The monoisotopic (exact) mass is 397 g/mol. The number of allylic oxidation sites excluding steroid dienone is 1. The Morgan fingerprint density at radius 1 is 1.37 bits per heavy atom. The van der Waals surface area contributed by atoms with Crippen molar-refractivity contribution in [3.8, 4) is 11.1 Å². The van der Waals surface area contributed by atoms with Gasteiger partial charge in [-0.25, -0.2) is 4.98 Å². The molecule has 27 heavy (non-hydrogen) atoms. The number of carbonyl (C=O) groups is 1. The summed E-state index contributed by atoms with van der Waals surface area (Å²) in [7, 11) is 0. The second-order valence-electron chi connectivity index (χ2n) is 6.42. The van der Waals surface area contributed by atoms with Gasteiger partial charge in [0.15, 0.2) is 5.16 Å². The zero-order chi connectivity index (χ0) is 18.8. The van der Waals surface area contributed by atoms with Gasteiger partial charge in [0.2, 0.25) is 5.91 Å². The minimum Gasteiger partial charge on any atom is -0.353 e. The first-order valence-corrected chi connectivity index (χ1v) is 10.6. The molecule has 0 saturated heterocycles. The Labute approximate surface area is 165 Å². The van der Waals surface area contributed by atoms with Crippen LogP contribution in [0.4, 0.5) is 0 Å². The number of hydrogen-bond donors (Lipinski definition) is 1. The molecule has 3 aromatic rings. The third kappa shape index (κ3) is 3.84. The van der Waals surface area contributed by atoms with Gasteiger partial charge < -0.3 is 5.32 Å². The van der Waals surface area contributed by atoms with Crippen molar-refractivity contribution >= 4 is 39.2 Å². The van der Waals surface area contributed by atoms with Gasteiger partial charge in [0, 0.05) is 23.5 Å². The summed E-state index contributed by atoms with van der Waals surface area (Å²) in [6, 6.07) is 10.2. The number of nitrogens with one attached hydrogen (secondary N) is 1. The van der Waals surface area contributed by atoms with Gasteiger partial charge in [0.1, 0.15) is 4.83 Å². The van der Waals surface area contributed by atoms with E-state index in [9.17, 15) is 9.59 Å². The van der Waals surface area contributed by atoms with Crippen molar-refractivity contribution in [3.05, 3.63) is 58.7 Å². The summed E-state index contributed by atoms with van der Waals surface area (Å²) < 4.78 is 1.60. The van der Waals surface area contributed by atoms with Crippen LogP contribution < -0.4 is 10.9 Å². The van der Waals surface area contributed by atoms with Crippen molar-refractivity contribution in [2.75, 3.05) is 5.75 Å². The molecule has 1 fully saturated rings. The van der Waals surface area contributed by atoms with Crippen molar-refractivity contribution in [1.29, 1.82) is 0 Å². The first-order chi connectivity index (χ1) is 13.2. The maximum Gasteiger partial charge on any atom is 0.263 e. The maximum atomic E-state index is 13.2. The lowest BCUT2D eigenvalue weighted by molar-refractivity contribution is -0.118. The molecule has 0 aliphatic heterocycles. The van der Waals surface area contributed by atoms with Gasteiger partial charge in [-0.15, -0.1) is 17.9 Å². The molecule has 1 saturated carbocycles. The molecular weight excluding hydrogens is 378 g/mol. The molecule has 0 bridgehead atoms. The minimum absolute atomic E-state index is 0.0156. The summed E-state index contributed by atoms with van der Waals surface area (Å²) in [6.07, 6.45) is 3.79. The normalized spacial score (nSPS) is 13.6. The van der Waals surface area contributed by atoms with E-state index in [1.165, 1.54) is 23.1 Å². The average molecular weight is 398 g/mol. The van der Waals surface area contributed by atoms with Crippen molar-refractivity contribution in [2.24, 2.45) is 0 Å². The molecule has 1 N–H and O–H groups in total. The number of benzene rings is 1. The standard InChI is InChI=1S/C20H19N3O2S2/c1-2-10-23-19(25)17-15(13-6-4-3-5-7-13)11-26-18(17)22-20(23)27-12-16(24)21-14-8-9-14/h2-7,11,14H,1,8-10,12H2,(H,21,24). The fourth-order valence-electron chi connectivity index (χ4n) is 2.86. The van der Waals surface area contributed by atoms with Gasteiger partial charge in [0.25, 0.3) is 5.56 Å². The van der Waals surface area contributed by atoms with Crippen LogP contribution in [-0.4, -0.2) is 27.3 Å². The highest BCUT2D eigenvalue weighted by atomic mass is 32.2. The highest BCUT2D eigenvalue weighted by molar-refractivity contribution is 7.99. The van der Waals surface area contributed by atoms with Gasteiger partial charge in [-0.2, -0.15) is 0 Å². The van der Waals surface area contributed by atoms with Gasteiger partial charge in [-0.05, 0) is 18.4 Å². The topological polar surface area (TPSA) is 64.0 Å². The molecule has 1 aromatic carbocycles. The van der Waals surface area contributed by atoms with Gasteiger partial charge in [-0.1, -0.05) is 48.2 Å². The second-order valence-corrected chi connectivity index (χ2v) is 8.23. The molecular formula is C20H19N3O2S2. The summed E-state index contributed by atoms with van der Waals surface area (Å²) >= 11 is 2.75. The molecule has 138 valence electrons. The van der Waals surface area contributed by atoms with Gasteiger partial charge >= 0.3 is 0 Å². The number of nitrogens with zero attached hydrogens (tertiary/aromatic N) is 2. The van der Waals surface area contributed by atoms with Crippen LogP contribution >= 0.6 is 23.1 Å². The molecule has 7 heteroatoms. The maximum absolute atomic E-state index is 13.2. The Hall–Kier alpha value is -2.38. The molecule has 5 nitrogen and oxygen atoms in total. The van der Waals surface area contributed by atoms with E-state index in [2.05, 4.69) is 16.9 Å². The Balaban J connectivity index is 1.71. The summed E-state index contributed by atoms with van der Waals surface area (Å²) in [6.45, 7) is 4.12. The highest BCUT2D eigenvalue weighted by Gasteiger charge is 2.23. The van der Waals surface area contributed by atoms with E-state index in [1.54, 1.807) is 10.6 Å². The molecule has 0 radical (unpaired) electrons. The van der Waals surface area contributed by atoms with Crippen molar-refractivity contribution < 1.29 is 4.79 Å². The third-order valence-corrected chi connectivity index (χ3v) is 6.18. The van der Waals surface area contributed by atoms with E-state index in [1.807, 2.05) is 35.7 Å². The van der Waals surface area contributed by atoms with Crippen molar-refractivity contribution in [2.45, 2.75) is 30.6 Å². The van der Waals surface area contributed by atoms with E-state index in [0.717, 1.165) is 24.0 Å². The van der Waals surface area contributed by atoms with Crippen molar-refractivity contribution in [3.63, 3.8) is 0 Å². The van der Waals surface area contributed by atoms with Crippen LogP contribution in [0.2, 0.25) is 0 Å². The zero-order valence-electron chi connectivity index (χ0n) is 14.7. The van der Waals surface area contributed by atoms with Crippen LogP contribution in [0.5, 0.6) is 0 Å². The number of fused-ring (bicyclic) bond motifs is 1. The number of rotatable bonds is 7. The van der Waals surface area contributed by atoms with E-state index in [4.69, 9.17) is 0 Å². The number of carbonyl (C=O) groups excluding carboxylic acids is 1. The Kier molecular flexibility index (Phi) is 5.13. The van der Waals surface area contributed by atoms with E-state index < -0.39 is 0 Å². The summed E-state index contributed by atoms with van der Waals surface area (Å²) in [4.78, 5) is 30.6. The number of thioether (sulfide) groups is 1. The molecule has 2 aromatic heterocycles. The van der Waals surface area contributed by atoms with Crippen LogP contribution in [-0.2, 0) is 11.3 Å². The highest BCUT2D eigenvalue weighted by Crippen LogP contribution is 2.32. The average Bonchev–Trinajstić information content (AvgIpc) is 3.39. The third-order valence-electron chi connectivity index (χ3n) is 4.33. The Bertz CT molecular complexity index is 1050. The molecule has 2 heterocycles. The molecule has 1 aliphatic rings. The number of hydrogen-bond acceptors (Lipinski definition) is 5. The van der Waals surface area contributed by atoms with Crippen LogP contribution in [0.15, 0.2) is 58.3 Å². The fraction of sp³-hybridized carbons (Fsp3) is 0.250. The van der Waals surface area contributed by atoms with Gasteiger partial charge in [-0.3, -0.25) is 14.2 Å². The van der Waals surface area contributed by atoms with Crippen LogP contribution in [0.25, 0.3) is 21.3 Å². The summed E-state index contributed by atoms with van der Waals surface area (Å²) in [5.41, 5.74) is 1.80. The lowest BCUT2D eigenvalue weighted by Crippen LogP contribution is -2.28. The second kappa shape index (κ2) is 7.70. The van der Waals surface area contributed by atoms with E-state index in [0.29, 0.717) is 28.0 Å². The van der Waals surface area contributed by atoms with Gasteiger partial charge in [0.05, 0.1) is 11.1 Å². The Morgan fingerprint density at radius 2 is 2.15 bits per heavy atom. The number of amides is 1. The van der Waals surface area contributed by atoms with E-state index in [-0.39, 0.29) is 17.2 Å².